The summed E-state index contributed by atoms with van der Waals surface area (Å²) in [4.78, 5) is 19.6. The highest BCUT2D eigenvalue weighted by Gasteiger charge is 2.23. The van der Waals surface area contributed by atoms with E-state index < -0.39 is 5.97 Å². The molecule has 4 heteroatoms. The summed E-state index contributed by atoms with van der Waals surface area (Å²) in [6, 6.07) is 25.3. The van der Waals surface area contributed by atoms with Gasteiger partial charge < -0.3 is 4.74 Å². The van der Waals surface area contributed by atoms with E-state index in [-0.39, 0.29) is 0 Å². The van der Waals surface area contributed by atoms with E-state index in [1.807, 2.05) is 36.4 Å². The average Bonchev–Trinajstić information content (AvgIpc) is 2.75. The van der Waals surface area contributed by atoms with E-state index in [9.17, 15) is 4.79 Å². The fourth-order valence-corrected chi connectivity index (χ4v) is 3.72. The Morgan fingerprint density at radius 1 is 0.964 bits per heavy atom. The highest BCUT2D eigenvalue weighted by atomic mass is 16.5. The van der Waals surface area contributed by atoms with Gasteiger partial charge in [-0.3, -0.25) is 4.90 Å². The smallest absolute Gasteiger partial charge is 0.362 e. The van der Waals surface area contributed by atoms with Gasteiger partial charge in [0.05, 0.1) is 0 Å². The minimum absolute atomic E-state index is 0.335. The van der Waals surface area contributed by atoms with Crippen molar-refractivity contribution in [2.75, 3.05) is 13.1 Å². The molecule has 1 unspecified atom stereocenters. The summed E-state index contributed by atoms with van der Waals surface area (Å²) in [5.74, 6) is 0.457. The summed E-state index contributed by atoms with van der Waals surface area (Å²) in [6.45, 7) is 3.01. The third-order valence-electron chi connectivity index (χ3n) is 5.11. The van der Waals surface area contributed by atoms with Gasteiger partial charge >= 0.3 is 5.97 Å². The van der Waals surface area contributed by atoms with E-state index >= 15 is 0 Å². The molecule has 1 saturated heterocycles. The minimum Gasteiger partial charge on any atom is -0.422 e. The maximum atomic E-state index is 12.5. The molecule has 1 atom stereocenters. The second-order valence-electron chi connectivity index (χ2n) is 7.21. The Morgan fingerprint density at radius 3 is 2.50 bits per heavy atom. The predicted octanol–water partition coefficient (Wildman–Crippen LogP) is 4.68. The van der Waals surface area contributed by atoms with Gasteiger partial charge in [0.1, 0.15) is 11.4 Å². The SMILES string of the molecule is O=C(Oc1ccccc1)c1cccc(C2CCCN(Cc3ccccc3)C2)n1. The van der Waals surface area contributed by atoms with Gasteiger partial charge in [0.2, 0.25) is 0 Å². The molecule has 0 aliphatic carbocycles. The topological polar surface area (TPSA) is 42.4 Å². The van der Waals surface area contributed by atoms with Gasteiger partial charge in [0.15, 0.2) is 0 Å². The molecule has 0 saturated carbocycles. The standard InChI is InChI=1S/C24H24N2O2/c27-24(28-21-12-5-2-6-13-21)23-15-7-14-22(25-23)20-11-8-16-26(18-20)17-19-9-3-1-4-10-19/h1-7,9-10,12-15,20H,8,11,16-18H2. The minimum atomic E-state index is -0.412. The maximum absolute atomic E-state index is 12.5. The molecule has 28 heavy (non-hydrogen) atoms. The summed E-state index contributed by atoms with van der Waals surface area (Å²) in [7, 11) is 0. The Kier molecular flexibility index (Phi) is 5.78. The van der Waals surface area contributed by atoms with E-state index in [0.717, 1.165) is 38.2 Å². The van der Waals surface area contributed by atoms with E-state index in [1.54, 1.807) is 18.2 Å². The number of hydrogen-bond donors (Lipinski definition) is 0. The van der Waals surface area contributed by atoms with Crippen molar-refractivity contribution in [2.45, 2.75) is 25.3 Å². The van der Waals surface area contributed by atoms with Crippen molar-refractivity contribution < 1.29 is 9.53 Å². The van der Waals surface area contributed by atoms with Crippen LogP contribution in [0.2, 0.25) is 0 Å². The third kappa shape index (κ3) is 4.65. The van der Waals surface area contributed by atoms with Crippen molar-refractivity contribution in [2.24, 2.45) is 0 Å². The molecule has 142 valence electrons. The molecule has 4 rings (SSSR count). The highest BCUT2D eigenvalue weighted by Crippen LogP contribution is 2.27. The Bertz CT molecular complexity index is 912. The Labute approximate surface area is 165 Å². The van der Waals surface area contributed by atoms with Gasteiger partial charge in [-0.15, -0.1) is 0 Å². The lowest BCUT2D eigenvalue weighted by Crippen LogP contribution is -2.34. The lowest BCUT2D eigenvalue weighted by molar-refractivity contribution is 0.0728. The Balaban J connectivity index is 1.44. The maximum Gasteiger partial charge on any atom is 0.362 e. The molecule has 3 aromatic rings. The molecule has 0 bridgehead atoms. The van der Waals surface area contributed by atoms with E-state index in [0.29, 0.717) is 17.4 Å². The Morgan fingerprint density at radius 2 is 1.71 bits per heavy atom. The van der Waals surface area contributed by atoms with Crippen LogP contribution in [0.15, 0.2) is 78.9 Å². The van der Waals surface area contributed by atoms with Crippen LogP contribution >= 0.6 is 0 Å². The number of aromatic nitrogens is 1. The van der Waals surface area contributed by atoms with Crippen LogP contribution in [0.4, 0.5) is 0 Å². The van der Waals surface area contributed by atoms with Gasteiger partial charge in [-0.1, -0.05) is 54.6 Å². The molecule has 4 nitrogen and oxygen atoms in total. The van der Waals surface area contributed by atoms with Crippen molar-refractivity contribution in [1.29, 1.82) is 0 Å². The number of ether oxygens (including phenoxy) is 1. The second-order valence-corrected chi connectivity index (χ2v) is 7.21. The average molecular weight is 372 g/mol. The number of pyridine rings is 1. The summed E-state index contributed by atoms with van der Waals surface area (Å²) < 4.78 is 5.43. The lowest BCUT2D eigenvalue weighted by Gasteiger charge is -2.32. The number of para-hydroxylation sites is 1. The molecule has 1 aromatic heterocycles. The molecule has 0 N–H and O–H groups in total. The molecule has 1 aliphatic heterocycles. The summed E-state index contributed by atoms with van der Waals surface area (Å²) >= 11 is 0. The van der Waals surface area contributed by atoms with Crippen molar-refractivity contribution in [3.05, 3.63) is 95.8 Å². The predicted molar refractivity (Wildman–Crippen MR) is 109 cm³/mol. The first kappa shape index (κ1) is 18.4. The number of benzene rings is 2. The second kappa shape index (κ2) is 8.81. The van der Waals surface area contributed by atoms with Gasteiger partial charge in [-0.2, -0.15) is 0 Å². The van der Waals surface area contributed by atoms with Gasteiger partial charge in [0, 0.05) is 24.7 Å². The number of hydrogen-bond acceptors (Lipinski definition) is 4. The first-order chi connectivity index (χ1) is 13.8. The first-order valence-corrected chi connectivity index (χ1v) is 9.78. The molecule has 2 aromatic carbocycles. The number of rotatable bonds is 5. The van der Waals surface area contributed by atoms with Gasteiger partial charge in [-0.05, 0) is 49.2 Å². The van der Waals surface area contributed by atoms with Crippen LogP contribution in [0.3, 0.4) is 0 Å². The zero-order valence-electron chi connectivity index (χ0n) is 15.8. The van der Waals surface area contributed by atoms with Gasteiger partial charge in [0.25, 0.3) is 0 Å². The molecule has 2 heterocycles. The third-order valence-corrected chi connectivity index (χ3v) is 5.11. The van der Waals surface area contributed by atoms with Crippen LogP contribution in [-0.2, 0) is 6.54 Å². The van der Waals surface area contributed by atoms with E-state index in [2.05, 4.69) is 34.1 Å². The molecule has 0 spiro atoms. The van der Waals surface area contributed by atoms with Crippen LogP contribution in [0.5, 0.6) is 5.75 Å². The van der Waals surface area contributed by atoms with Crippen LogP contribution in [0, 0.1) is 0 Å². The molecule has 0 amide bonds. The normalized spacial score (nSPS) is 17.2. The van der Waals surface area contributed by atoms with Crippen LogP contribution in [-0.4, -0.2) is 28.9 Å². The van der Waals surface area contributed by atoms with Gasteiger partial charge in [-0.25, -0.2) is 9.78 Å². The van der Waals surface area contributed by atoms with Crippen molar-refractivity contribution in [3.8, 4) is 5.75 Å². The fourth-order valence-electron chi connectivity index (χ4n) is 3.72. The summed E-state index contributed by atoms with van der Waals surface area (Å²) in [5.41, 5.74) is 2.66. The number of esters is 1. The Hall–Kier alpha value is -2.98. The van der Waals surface area contributed by atoms with Crippen LogP contribution in [0.25, 0.3) is 0 Å². The molecular weight excluding hydrogens is 348 g/mol. The fraction of sp³-hybridized carbons (Fsp3) is 0.250. The van der Waals surface area contributed by atoms with E-state index in [4.69, 9.17) is 4.74 Å². The number of likely N-dealkylation sites (tertiary alicyclic amines) is 1. The number of carbonyl (C=O) groups excluding carboxylic acids is 1. The molecular formula is C24H24N2O2. The number of carbonyl (C=O) groups is 1. The molecule has 1 fully saturated rings. The number of nitrogens with zero attached hydrogens (tertiary/aromatic N) is 2. The van der Waals surface area contributed by atoms with Crippen molar-refractivity contribution >= 4 is 5.97 Å². The highest BCUT2D eigenvalue weighted by molar-refractivity contribution is 5.89. The zero-order valence-corrected chi connectivity index (χ0v) is 15.8. The van der Waals surface area contributed by atoms with Crippen LogP contribution in [0.1, 0.15) is 40.5 Å². The lowest BCUT2D eigenvalue weighted by atomic mass is 9.93. The van der Waals surface area contributed by atoms with Crippen molar-refractivity contribution in [1.82, 2.24) is 9.88 Å². The van der Waals surface area contributed by atoms with E-state index in [1.165, 1.54) is 5.56 Å². The summed E-state index contributed by atoms with van der Waals surface area (Å²) in [5, 5.41) is 0. The molecule has 1 aliphatic rings. The monoisotopic (exact) mass is 372 g/mol. The quantitative estimate of drug-likeness (QED) is 0.482. The first-order valence-electron chi connectivity index (χ1n) is 9.78. The number of piperidine rings is 1. The van der Waals surface area contributed by atoms with Crippen LogP contribution < -0.4 is 4.74 Å². The largest absolute Gasteiger partial charge is 0.422 e. The summed E-state index contributed by atoms with van der Waals surface area (Å²) in [6.07, 6.45) is 2.23. The molecule has 0 radical (unpaired) electrons. The zero-order chi connectivity index (χ0) is 19.2. The van der Waals surface area contributed by atoms with Crippen molar-refractivity contribution in [3.63, 3.8) is 0 Å².